The van der Waals surface area contributed by atoms with Crippen molar-refractivity contribution in [1.82, 2.24) is 15.1 Å². The van der Waals surface area contributed by atoms with Crippen molar-refractivity contribution in [3.63, 3.8) is 0 Å². The lowest BCUT2D eigenvalue weighted by atomic mass is 10.2. The van der Waals surface area contributed by atoms with Crippen LogP contribution in [-0.2, 0) is 11.3 Å². The molecule has 1 amide bonds. The summed E-state index contributed by atoms with van der Waals surface area (Å²) in [6, 6.07) is 12.1. The third-order valence-electron chi connectivity index (χ3n) is 3.43. The van der Waals surface area contributed by atoms with Gasteiger partial charge < -0.3 is 10.2 Å². The van der Waals surface area contributed by atoms with Crippen molar-refractivity contribution in [1.29, 1.82) is 0 Å². The first-order valence-electron chi connectivity index (χ1n) is 7.66. The van der Waals surface area contributed by atoms with Gasteiger partial charge in [0.2, 0.25) is 11.0 Å². The molecule has 0 aliphatic rings. The molecule has 0 saturated carbocycles. The van der Waals surface area contributed by atoms with Gasteiger partial charge in [0.25, 0.3) is 0 Å². The third-order valence-corrected chi connectivity index (χ3v) is 6.25. The second-order valence-corrected chi connectivity index (χ2v) is 8.71. The monoisotopic (exact) mass is 390 g/mol. The van der Waals surface area contributed by atoms with Crippen LogP contribution in [0.25, 0.3) is 0 Å². The van der Waals surface area contributed by atoms with Crippen molar-refractivity contribution in [2.24, 2.45) is 0 Å². The molecule has 2 aromatic heterocycles. The van der Waals surface area contributed by atoms with Crippen molar-refractivity contribution >= 4 is 51.2 Å². The van der Waals surface area contributed by atoms with Crippen LogP contribution in [0, 0.1) is 6.92 Å². The molecule has 8 heteroatoms. The number of rotatable bonds is 7. The number of thioether (sulfide) groups is 1. The second-order valence-electron chi connectivity index (χ2n) is 5.48. The molecule has 0 fully saturated rings. The van der Waals surface area contributed by atoms with Crippen LogP contribution in [0.2, 0.25) is 0 Å². The molecule has 0 bridgehead atoms. The summed E-state index contributed by atoms with van der Waals surface area (Å²) < 4.78 is 0.785. The van der Waals surface area contributed by atoms with E-state index in [1.165, 1.54) is 33.5 Å². The Hall–Kier alpha value is -1.90. The van der Waals surface area contributed by atoms with Gasteiger partial charge in [0, 0.05) is 17.6 Å². The zero-order valence-corrected chi connectivity index (χ0v) is 16.4. The number of nitrogens with one attached hydrogen (secondary N) is 1. The molecule has 0 spiro atoms. The molecule has 3 aromatic rings. The third kappa shape index (κ3) is 5.29. The summed E-state index contributed by atoms with van der Waals surface area (Å²) in [5.41, 5.74) is 2.19. The van der Waals surface area contributed by atoms with Crippen molar-refractivity contribution in [2.75, 3.05) is 18.1 Å². The normalized spacial score (nSPS) is 10.6. The van der Waals surface area contributed by atoms with Crippen LogP contribution in [0.4, 0.5) is 10.8 Å². The van der Waals surface area contributed by atoms with E-state index >= 15 is 0 Å². The second kappa shape index (κ2) is 8.46. The van der Waals surface area contributed by atoms with Crippen LogP contribution >= 0.6 is 34.4 Å². The summed E-state index contributed by atoms with van der Waals surface area (Å²) in [6.45, 7) is 2.70. The Kier molecular flexibility index (Phi) is 6.06. The van der Waals surface area contributed by atoms with E-state index in [4.69, 9.17) is 0 Å². The first-order chi connectivity index (χ1) is 12.1. The molecule has 0 unspecified atom stereocenters. The number of anilines is 2. The highest BCUT2D eigenvalue weighted by molar-refractivity contribution is 8.01. The van der Waals surface area contributed by atoms with Crippen molar-refractivity contribution in [2.45, 2.75) is 17.8 Å². The number of thiophene rings is 1. The molecule has 130 valence electrons. The topological polar surface area (TPSA) is 58.1 Å². The fourth-order valence-corrected chi connectivity index (χ4v) is 4.51. The van der Waals surface area contributed by atoms with Gasteiger partial charge in [-0.15, -0.1) is 21.5 Å². The SMILES string of the molecule is Cc1ccc(Nc2nnc(SCC(=O)N(C)Cc3cccs3)s2)cc1. The minimum Gasteiger partial charge on any atom is -0.340 e. The van der Waals surface area contributed by atoms with Crippen molar-refractivity contribution in [3.05, 3.63) is 52.2 Å². The zero-order chi connectivity index (χ0) is 17.6. The predicted octanol–water partition coefficient (Wildman–Crippen LogP) is 4.40. The highest BCUT2D eigenvalue weighted by Crippen LogP contribution is 2.28. The molecular weight excluding hydrogens is 372 g/mol. The van der Waals surface area contributed by atoms with Crippen molar-refractivity contribution < 1.29 is 4.79 Å². The average Bonchev–Trinajstić information content (AvgIpc) is 3.26. The van der Waals surface area contributed by atoms with Crippen LogP contribution in [0.5, 0.6) is 0 Å². The van der Waals surface area contributed by atoms with E-state index in [9.17, 15) is 4.79 Å². The predicted molar refractivity (Wildman–Crippen MR) is 106 cm³/mol. The Bertz CT molecular complexity index is 815. The van der Waals surface area contributed by atoms with E-state index in [2.05, 4.69) is 22.4 Å². The lowest BCUT2D eigenvalue weighted by Gasteiger charge is -2.15. The minimum atomic E-state index is 0.0849. The maximum atomic E-state index is 12.2. The van der Waals surface area contributed by atoms with Crippen LogP contribution in [0.15, 0.2) is 46.1 Å². The lowest BCUT2D eigenvalue weighted by molar-refractivity contribution is -0.127. The van der Waals surface area contributed by atoms with Crippen LogP contribution in [-0.4, -0.2) is 33.8 Å². The minimum absolute atomic E-state index is 0.0849. The van der Waals surface area contributed by atoms with E-state index in [0.717, 1.165) is 15.2 Å². The molecule has 1 N–H and O–H groups in total. The molecule has 1 aromatic carbocycles. The van der Waals surface area contributed by atoms with E-state index in [-0.39, 0.29) is 5.91 Å². The maximum Gasteiger partial charge on any atom is 0.233 e. The summed E-state index contributed by atoms with van der Waals surface area (Å²) in [5, 5.41) is 14.2. The zero-order valence-electron chi connectivity index (χ0n) is 13.9. The molecule has 0 aliphatic heterocycles. The first-order valence-corrected chi connectivity index (χ1v) is 10.3. The van der Waals surface area contributed by atoms with Gasteiger partial charge in [-0.05, 0) is 30.5 Å². The van der Waals surface area contributed by atoms with E-state index in [1.807, 2.05) is 48.8 Å². The van der Waals surface area contributed by atoms with Gasteiger partial charge in [-0.25, -0.2) is 0 Å². The Balaban J connectivity index is 1.49. The molecular formula is C17H18N4OS3. The number of carbonyl (C=O) groups is 1. The summed E-state index contributed by atoms with van der Waals surface area (Å²) in [4.78, 5) is 15.1. The quantitative estimate of drug-likeness (QED) is 0.606. The number of benzene rings is 1. The fourth-order valence-electron chi connectivity index (χ4n) is 2.04. The number of hydrogen-bond donors (Lipinski definition) is 1. The first kappa shape index (κ1) is 17.9. The summed E-state index contributed by atoms with van der Waals surface area (Å²) in [6.07, 6.45) is 0. The number of hydrogen-bond acceptors (Lipinski definition) is 7. The van der Waals surface area contributed by atoms with Gasteiger partial charge in [0.05, 0.1) is 12.3 Å². The van der Waals surface area contributed by atoms with Crippen LogP contribution < -0.4 is 5.32 Å². The van der Waals surface area contributed by atoms with Gasteiger partial charge >= 0.3 is 0 Å². The number of carbonyl (C=O) groups excluding carboxylic acids is 1. The molecule has 5 nitrogen and oxygen atoms in total. The van der Waals surface area contributed by atoms with E-state index in [0.29, 0.717) is 12.3 Å². The Labute approximate surface area is 159 Å². The Morgan fingerprint density at radius 1 is 1.24 bits per heavy atom. The fraction of sp³-hybridized carbons (Fsp3) is 0.235. The largest absolute Gasteiger partial charge is 0.340 e. The number of aryl methyl sites for hydroxylation is 1. The highest BCUT2D eigenvalue weighted by Gasteiger charge is 2.13. The molecule has 0 aliphatic carbocycles. The molecule has 0 saturated heterocycles. The van der Waals surface area contributed by atoms with Gasteiger partial charge in [-0.1, -0.05) is 46.9 Å². The standard InChI is InChI=1S/C17H18N4OS3/c1-12-5-7-13(8-6-12)18-16-19-20-17(25-16)24-11-15(22)21(2)10-14-4-3-9-23-14/h3-9H,10-11H2,1-2H3,(H,18,19). The average molecular weight is 391 g/mol. The molecule has 0 atom stereocenters. The smallest absolute Gasteiger partial charge is 0.233 e. The lowest BCUT2D eigenvalue weighted by Crippen LogP contribution is -2.27. The number of aromatic nitrogens is 2. The van der Waals surface area contributed by atoms with Gasteiger partial charge in [0.1, 0.15) is 0 Å². The maximum absolute atomic E-state index is 12.2. The molecule has 2 heterocycles. The Morgan fingerprint density at radius 2 is 2.04 bits per heavy atom. The summed E-state index contributed by atoms with van der Waals surface area (Å²) in [7, 11) is 1.83. The molecule has 0 radical (unpaired) electrons. The van der Waals surface area contributed by atoms with Crippen LogP contribution in [0.1, 0.15) is 10.4 Å². The molecule has 25 heavy (non-hydrogen) atoms. The highest BCUT2D eigenvalue weighted by atomic mass is 32.2. The Morgan fingerprint density at radius 3 is 2.76 bits per heavy atom. The summed E-state index contributed by atoms with van der Waals surface area (Å²) in [5.74, 6) is 0.447. The van der Waals surface area contributed by atoms with E-state index in [1.54, 1.807) is 16.2 Å². The summed E-state index contributed by atoms with van der Waals surface area (Å²) >= 11 is 4.53. The van der Waals surface area contributed by atoms with Crippen molar-refractivity contribution in [3.8, 4) is 0 Å². The van der Waals surface area contributed by atoms with Gasteiger partial charge in [-0.3, -0.25) is 4.79 Å². The van der Waals surface area contributed by atoms with Gasteiger partial charge in [0.15, 0.2) is 4.34 Å². The molecule has 3 rings (SSSR count). The number of nitrogens with zero attached hydrogens (tertiary/aromatic N) is 3. The van der Waals surface area contributed by atoms with Crippen LogP contribution in [0.3, 0.4) is 0 Å². The number of amides is 1. The van der Waals surface area contributed by atoms with Gasteiger partial charge in [-0.2, -0.15) is 0 Å². The van der Waals surface area contributed by atoms with E-state index < -0.39 is 0 Å².